The molecule has 8 heteroatoms. The van der Waals surface area contributed by atoms with E-state index in [1.54, 1.807) is 12.1 Å². The number of nitro benzene ring substituents is 1. The molecule has 0 radical (unpaired) electrons. The number of nitro groups is 1. The van der Waals surface area contributed by atoms with Crippen molar-refractivity contribution in [2.75, 3.05) is 0 Å². The minimum Gasteiger partial charge on any atom is -0.508 e. The molecule has 1 heterocycles. The number of benzene rings is 2. The summed E-state index contributed by atoms with van der Waals surface area (Å²) < 4.78 is 0. The molecule has 1 amide bonds. The third-order valence-corrected chi connectivity index (χ3v) is 5.71. The highest BCUT2D eigenvalue weighted by Gasteiger charge is 2.49. The van der Waals surface area contributed by atoms with E-state index in [4.69, 9.17) is 0 Å². The SMILES string of the molecule is O=C1C(=O)N(C2CCCC2)C(c2cccc(O)c2)/C1=C(/O)c1cccc([N+](=O)[O-])c1. The van der Waals surface area contributed by atoms with Crippen molar-refractivity contribution in [1.29, 1.82) is 0 Å². The Bertz CT molecular complexity index is 1070. The number of phenolic OH excluding ortho intramolecular Hbond substituents is 1. The maximum Gasteiger partial charge on any atom is 0.295 e. The van der Waals surface area contributed by atoms with Gasteiger partial charge in [0.2, 0.25) is 0 Å². The number of Topliss-reactive ketones (excluding diaryl/α,β-unsaturated/α-hetero) is 1. The minimum absolute atomic E-state index is 0.0279. The van der Waals surface area contributed by atoms with E-state index < -0.39 is 28.4 Å². The molecule has 0 bridgehead atoms. The number of aliphatic hydroxyl groups excluding tert-OH is 1. The van der Waals surface area contributed by atoms with Crippen molar-refractivity contribution in [1.82, 2.24) is 4.90 Å². The highest BCUT2D eigenvalue weighted by molar-refractivity contribution is 6.46. The molecule has 1 saturated heterocycles. The summed E-state index contributed by atoms with van der Waals surface area (Å²) in [4.78, 5) is 37.9. The van der Waals surface area contributed by atoms with Crippen LogP contribution in [0.25, 0.3) is 5.76 Å². The van der Waals surface area contributed by atoms with E-state index in [1.807, 2.05) is 0 Å². The van der Waals surface area contributed by atoms with Crippen LogP contribution in [0.5, 0.6) is 5.75 Å². The number of rotatable bonds is 4. The van der Waals surface area contributed by atoms with Gasteiger partial charge in [-0.25, -0.2) is 0 Å². The zero-order chi connectivity index (χ0) is 21.4. The van der Waals surface area contributed by atoms with E-state index in [0.717, 1.165) is 31.7 Å². The van der Waals surface area contributed by atoms with Gasteiger partial charge in [-0.05, 0) is 30.5 Å². The van der Waals surface area contributed by atoms with Crippen LogP contribution in [0.4, 0.5) is 5.69 Å². The van der Waals surface area contributed by atoms with Crippen LogP contribution >= 0.6 is 0 Å². The van der Waals surface area contributed by atoms with Gasteiger partial charge in [-0.15, -0.1) is 0 Å². The molecule has 2 aliphatic rings. The maximum absolute atomic E-state index is 13.0. The van der Waals surface area contributed by atoms with Crippen LogP contribution < -0.4 is 0 Å². The standard InChI is InChI=1S/C22H20N2O6/c25-17-10-4-5-13(12-17)19-18(20(26)14-6-3-9-16(11-14)24(29)30)21(27)22(28)23(19)15-7-1-2-8-15/h3-6,9-12,15,19,25-26H,1-2,7-8H2/b20-18-. The van der Waals surface area contributed by atoms with Crippen molar-refractivity contribution in [3.8, 4) is 5.75 Å². The number of likely N-dealkylation sites (tertiary alicyclic amines) is 1. The van der Waals surface area contributed by atoms with E-state index in [9.17, 15) is 29.9 Å². The van der Waals surface area contributed by atoms with Gasteiger partial charge in [0.1, 0.15) is 11.5 Å². The third kappa shape index (κ3) is 3.30. The molecule has 8 nitrogen and oxygen atoms in total. The molecule has 1 unspecified atom stereocenters. The summed E-state index contributed by atoms with van der Waals surface area (Å²) in [7, 11) is 0. The summed E-state index contributed by atoms with van der Waals surface area (Å²) in [6.07, 6.45) is 3.37. The van der Waals surface area contributed by atoms with Crippen molar-refractivity contribution in [3.63, 3.8) is 0 Å². The Labute approximate surface area is 172 Å². The molecular formula is C22H20N2O6. The van der Waals surface area contributed by atoms with Crippen molar-refractivity contribution < 1.29 is 24.7 Å². The first-order chi connectivity index (χ1) is 14.4. The molecule has 154 valence electrons. The van der Waals surface area contributed by atoms with Crippen molar-refractivity contribution in [2.24, 2.45) is 0 Å². The lowest BCUT2D eigenvalue weighted by Crippen LogP contribution is -2.37. The molecule has 2 N–H and O–H groups in total. The summed E-state index contributed by atoms with van der Waals surface area (Å²) in [5.74, 6) is -2.03. The van der Waals surface area contributed by atoms with Crippen LogP contribution in [0.3, 0.4) is 0 Å². The molecule has 30 heavy (non-hydrogen) atoms. The number of hydrogen-bond donors (Lipinski definition) is 2. The van der Waals surface area contributed by atoms with Gasteiger partial charge in [-0.1, -0.05) is 37.1 Å². The Morgan fingerprint density at radius 3 is 2.43 bits per heavy atom. The Hall–Kier alpha value is -3.68. The molecule has 1 saturated carbocycles. The van der Waals surface area contributed by atoms with Gasteiger partial charge in [0, 0.05) is 23.7 Å². The number of carbonyl (C=O) groups is 2. The van der Waals surface area contributed by atoms with Crippen LogP contribution in [0.2, 0.25) is 0 Å². The van der Waals surface area contributed by atoms with E-state index in [-0.39, 0.29) is 28.6 Å². The maximum atomic E-state index is 13.0. The van der Waals surface area contributed by atoms with E-state index in [2.05, 4.69) is 0 Å². The number of non-ortho nitro benzene ring substituents is 1. The Balaban J connectivity index is 1.90. The number of aromatic hydroxyl groups is 1. The number of carbonyl (C=O) groups excluding carboxylic acids is 2. The molecule has 1 aliphatic heterocycles. The average Bonchev–Trinajstić information content (AvgIpc) is 3.34. The first-order valence-electron chi connectivity index (χ1n) is 9.72. The fraction of sp³-hybridized carbons (Fsp3) is 0.273. The normalized spacial score (nSPS) is 21.3. The van der Waals surface area contributed by atoms with Gasteiger partial charge >= 0.3 is 0 Å². The molecule has 1 atom stereocenters. The van der Waals surface area contributed by atoms with E-state index in [1.165, 1.54) is 35.2 Å². The predicted octanol–water partition coefficient (Wildman–Crippen LogP) is 3.66. The molecule has 2 fully saturated rings. The topological polar surface area (TPSA) is 121 Å². The van der Waals surface area contributed by atoms with Crippen molar-refractivity contribution in [3.05, 3.63) is 75.3 Å². The summed E-state index contributed by atoms with van der Waals surface area (Å²) in [5, 5.41) is 32.0. The quantitative estimate of drug-likeness (QED) is 0.262. The lowest BCUT2D eigenvalue weighted by atomic mass is 9.94. The first kappa shape index (κ1) is 19.6. The molecule has 0 aromatic heterocycles. The summed E-state index contributed by atoms with van der Waals surface area (Å²) >= 11 is 0. The monoisotopic (exact) mass is 408 g/mol. The van der Waals surface area contributed by atoms with Gasteiger partial charge in [0.15, 0.2) is 0 Å². The summed E-state index contributed by atoms with van der Waals surface area (Å²) in [6, 6.07) is 10.5. The van der Waals surface area contributed by atoms with Crippen LogP contribution in [-0.4, -0.2) is 37.8 Å². The zero-order valence-corrected chi connectivity index (χ0v) is 16.0. The average molecular weight is 408 g/mol. The highest BCUT2D eigenvalue weighted by Crippen LogP contribution is 2.44. The number of hydrogen-bond acceptors (Lipinski definition) is 6. The highest BCUT2D eigenvalue weighted by atomic mass is 16.6. The number of aliphatic hydroxyl groups is 1. The van der Waals surface area contributed by atoms with Gasteiger partial charge in [-0.3, -0.25) is 19.7 Å². The second-order valence-corrected chi connectivity index (χ2v) is 7.55. The fourth-order valence-corrected chi connectivity index (χ4v) is 4.35. The van der Waals surface area contributed by atoms with Crippen molar-refractivity contribution >= 4 is 23.1 Å². The molecule has 4 rings (SSSR count). The number of nitrogens with zero attached hydrogens (tertiary/aromatic N) is 2. The van der Waals surface area contributed by atoms with Crippen LogP contribution in [0.15, 0.2) is 54.1 Å². The molecule has 2 aromatic rings. The van der Waals surface area contributed by atoms with Crippen molar-refractivity contribution in [2.45, 2.75) is 37.8 Å². The lowest BCUT2D eigenvalue weighted by Gasteiger charge is -2.30. The number of ketones is 1. The second kappa shape index (κ2) is 7.62. The summed E-state index contributed by atoms with van der Waals surface area (Å²) in [6.45, 7) is 0. The number of amides is 1. The van der Waals surface area contributed by atoms with Gasteiger partial charge in [-0.2, -0.15) is 0 Å². The predicted molar refractivity (Wildman–Crippen MR) is 108 cm³/mol. The number of phenols is 1. The first-order valence-corrected chi connectivity index (χ1v) is 9.72. The van der Waals surface area contributed by atoms with E-state index >= 15 is 0 Å². The van der Waals surface area contributed by atoms with Crippen LogP contribution in [0, 0.1) is 10.1 Å². The minimum atomic E-state index is -0.875. The summed E-state index contributed by atoms with van der Waals surface area (Å²) in [5.41, 5.74) is 0.211. The fourth-order valence-electron chi connectivity index (χ4n) is 4.35. The Kier molecular flexibility index (Phi) is 4.99. The van der Waals surface area contributed by atoms with Crippen LogP contribution in [-0.2, 0) is 9.59 Å². The van der Waals surface area contributed by atoms with Crippen LogP contribution in [0.1, 0.15) is 42.9 Å². The smallest absolute Gasteiger partial charge is 0.295 e. The molecule has 0 spiro atoms. The zero-order valence-electron chi connectivity index (χ0n) is 16.0. The third-order valence-electron chi connectivity index (χ3n) is 5.71. The largest absolute Gasteiger partial charge is 0.508 e. The van der Waals surface area contributed by atoms with Gasteiger partial charge in [0.05, 0.1) is 16.5 Å². The van der Waals surface area contributed by atoms with Gasteiger partial charge in [0.25, 0.3) is 17.4 Å². The Morgan fingerprint density at radius 2 is 1.77 bits per heavy atom. The van der Waals surface area contributed by atoms with Gasteiger partial charge < -0.3 is 15.1 Å². The molecular weight excluding hydrogens is 388 g/mol. The second-order valence-electron chi connectivity index (χ2n) is 7.55. The molecule has 1 aliphatic carbocycles. The lowest BCUT2D eigenvalue weighted by molar-refractivity contribution is -0.384. The molecule has 2 aromatic carbocycles. The van der Waals surface area contributed by atoms with E-state index in [0.29, 0.717) is 5.56 Å². The Morgan fingerprint density at radius 1 is 1.07 bits per heavy atom.